The maximum atomic E-state index is 12.6. The van der Waals surface area contributed by atoms with Crippen LogP contribution in [0.2, 0.25) is 0 Å². The van der Waals surface area contributed by atoms with Crippen LogP contribution < -0.4 is 0 Å². The van der Waals surface area contributed by atoms with Crippen molar-refractivity contribution in [1.82, 2.24) is 4.31 Å². The molecule has 0 heterocycles. The first kappa shape index (κ1) is 17.7. The second-order valence-electron chi connectivity index (χ2n) is 6.86. The molecular weight excluding hydrogens is 286 g/mol. The number of rotatable bonds is 3. The van der Waals surface area contributed by atoms with Crippen molar-refractivity contribution in [2.24, 2.45) is 0 Å². The molecule has 118 valence electrons. The van der Waals surface area contributed by atoms with Crippen molar-refractivity contribution in [3.05, 3.63) is 35.9 Å². The molecule has 0 fully saturated rings. The van der Waals surface area contributed by atoms with Crippen LogP contribution in [-0.4, -0.2) is 25.0 Å². The van der Waals surface area contributed by atoms with E-state index in [9.17, 15) is 9.00 Å². The topological polar surface area (TPSA) is 46.6 Å². The van der Waals surface area contributed by atoms with Crippen molar-refractivity contribution < 1.29 is 13.7 Å². The monoisotopic (exact) mass is 311 g/mol. The summed E-state index contributed by atoms with van der Waals surface area (Å²) >= 11 is 0. The Balaban J connectivity index is 3.00. The van der Waals surface area contributed by atoms with Gasteiger partial charge >= 0.3 is 6.09 Å². The third-order valence-corrected chi connectivity index (χ3v) is 4.22. The van der Waals surface area contributed by atoms with Crippen molar-refractivity contribution in [1.29, 1.82) is 0 Å². The lowest BCUT2D eigenvalue weighted by Crippen LogP contribution is -2.43. The van der Waals surface area contributed by atoms with E-state index in [1.165, 1.54) is 4.31 Å². The van der Waals surface area contributed by atoms with E-state index in [4.69, 9.17) is 4.74 Å². The van der Waals surface area contributed by atoms with Crippen LogP contribution in [0, 0.1) is 0 Å². The highest BCUT2D eigenvalue weighted by Crippen LogP contribution is 2.21. The number of carbonyl (C=O) groups is 1. The Morgan fingerprint density at radius 2 is 1.62 bits per heavy atom. The van der Waals surface area contributed by atoms with Crippen molar-refractivity contribution in [3.8, 4) is 0 Å². The van der Waals surface area contributed by atoms with Crippen LogP contribution in [0.25, 0.3) is 0 Å². The van der Waals surface area contributed by atoms with Crippen LogP contribution in [0.4, 0.5) is 4.79 Å². The van der Waals surface area contributed by atoms with Crippen molar-refractivity contribution in [2.75, 3.05) is 0 Å². The molecule has 4 nitrogen and oxygen atoms in total. The summed E-state index contributed by atoms with van der Waals surface area (Å²) in [7, 11) is -1.48. The molecule has 0 saturated carbocycles. The van der Waals surface area contributed by atoms with Gasteiger partial charge in [0, 0.05) is 0 Å². The second kappa shape index (κ2) is 6.60. The van der Waals surface area contributed by atoms with Crippen LogP contribution in [0.3, 0.4) is 0 Å². The van der Waals surface area contributed by atoms with Crippen LogP contribution >= 0.6 is 0 Å². The van der Waals surface area contributed by atoms with Gasteiger partial charge in [0.05, 0.1) is 11.3 Å². The van der Waals surface area contributed by atoms with Crippen molar-refractivity contribution in [3.63, 3.8) is 0 Å². The molecule has 0 aromatic heterocycles. The van der Waals surface area contributed by atoms with E-state index in [0.717, 1.165) is 5.56 Å². The minimum absolute atomic E-state index is 0.264. The summed E-state index contributed by atoms with van der Waals surface area (Å²) in [6.45, 7) is 11.2. The van der Waals surface area contributed by atoms with Crippen LogP contribution in [0.5, 0.6) is 0 Å². The van der Waals surface area contributed by atoms with Gasteiger partial charge in [-0.1, -0.05) is 30.3 Å². The molecular formula is C16H25NO3S. The molecule has 0 N–H and O–H groups in total. The number of amides is 1. The van der Waals surface area contributed by atoms with E-state index in [1.54, 1.807) is 20.8 Å². The molecule has 1 aromatic carbocycles. The summed E-state index contributed by atoms with van der Waals surface area (Å²) in [5.41, 5.74) is 0.301. The van der Waals surface area contributed by atoms with Crippen LogP contribution in [-0.2, 0) is 22.3 Å². The van der Waals surface area contributed by atoms with E-state index < -0.39 is 27.4 Å². The first-order valence-electron chi connectivity index (χ1n) is 6.97. The molecule has 0 aliphatic heterocycles. The average Bonchev–Trinajstić information content (AvgIpc) is 2.33. The number of nitrogens with zero attached hydrogens (tertiary/aromatic N) is 1. The molecule has 21 heavy (non-hydrogen) atoms. The van der Waals surface area contributed by atoms with E-state index in [2.05, 4.69) is 0 Å². The predicted octanol–water partition coefficient (Wildman–Crippen LogP) is 3.89. The summed E-state index contributed by atoms with van der Waals surface area (Å²) < 4.78 is 18.8. The van der Waals surface area contributed by atoms with Gasteiger partial charge in [0.2, 0.25) is 0 Å². The summed E-state index contributed by atoms with van der Waals surface area (Å²) in [6.07, 6.45) is -0.556. The molecule has 1 atom stereocenters. The van der Waals surface area contributed by atoms with Gasteiger partial charge in [-0.3, -0.25) is 0 Å². The summed E-state index contributed by atoms with van der Waals surface area (Å²) in [5.74, 6) is 0. The van der Waals surface area contributed by atoms with Gasteiger partial charge in [-0.15, -0.1) is 0 Å². The molecule has 1 rings (SSSR count). The Morgan fingerprint density at radius 1 is 1.10 bits per heavy atom. The van der Waals surface area contributed by atoms with E-state index >= 15 is 0 Å². The van der Waals surface area contributed by atoms with Gasteiger partial charge < -0.3 is 4.74 Å². The van der Waals surface area contributed by atoms with E-state index in [0.29, 0.717) is 0 Å². The zero-order valence-electron chi connectivity index (χ0n) is 13.7. The highest BCUT2D eigenvalue weighted by atomic mass is 32.2. The normalized spacial score (nSPS) is 13.6. The molecule has 0 radical (unpaired) electrons. The number of benzene rings is 1. The lowest BCUT2D eigenvalue weighted by atomic mass is 10.2. The lowest BCUT2D eigenvalue weighted by molar-refractivity contribution is 0.0386. The third-order valence-electron chi connectivity index (χ3n) is 2.49. The van der Waals surface area contributed by atoms with Gasteiger partial charge in [0.25, 0.3) is 0 Å². The molecule has 0 saturated heterocycles. The fraction of sp³-hybridized carbons (Fsp3) is 0.562. The van der Waals surface area contributed by atoms with Crippen LogP contribution in [0.15, 0.2) is 30.3 Å². The second-order valence-corrected chi connectivity index (χ2v) is 9.03. The van der Waals surface area contributed by atoms with Crippen molar-refractivity contribution >= 4 is 17.1 Å². The van der Waals surface area contributed by atoms with Gasteiger partial charge in [0.15, 0.2) is 0 Å². The fourth-order valence-corrected chi connectivity index (χ4v) is 2.68. The molecule has 0 spiro atoms. The Kier molecular flexibility index (Phi) is 5.56. The number of hydrogen-bond acceptors (Lipinski definition) is 3. The maximum absolute atomic E-state index is 12.6. The molecule has 1 unspecified atom stereocenters. The number of ether oxygens (including phenoxy) is 1. The standard InChI is InChI=1S/C16H25NO3S/c1-15(2,3)20-14(18)17(21(19)16(4,5)6)12-13-10-8-7-9-11-13/h7-11H,12H2,1-6H3. The van der Waals surface area contributed by atoms with E-state index in [1.807, 2.05) is 51.1 Å². The highest BCUT2D eigenvalue weighted by molar-refractivity contribution is 7.84. The fourth-order valence-electron chi connectivity index (χ4n) is 1.58. The molecule has 1 amide bonds. The largest absolute Gasteiger partial charge is 0.443 e. The predicted molar refractivity (Wildman–Crippen MR) is 86.1 cm³/mol. The number of hydrogen-bond donors (Lipinski definition) is 0. The summed E-state index contributed by atoms with van der Waals surface area (Å²) in [5, 5.41) is 0. The van der Waals surface area contributed by atoms with Gasteiger partial charge in [-0.2, -0.15) is 0 Å². The molecule has 5 heteroatoms. The Hall–Kier alpha value is -1.36. The Bertz CT molecular complexity index is 500. The Morgan fingerprint density at radius 3 is 2.05 bits per heavy atom. The maximum Gasteiger partial charge on any atom is 0.422 e. The number of carbonyl (C=O) groups excluding carboxylic acids is 1. The van der Waals surface area contributed by atoms with Gasteiger partial charge in [-0.25, -0.2) is 13.3 Å². The van der Waals surface area contributed by atoms with E-state index in [-0.39, 0.29) is 6.54 Å². The van der Waals surface area contributed by atoms with Crippen molar-refractivity contribution in [2.45, 2.75) is 58.4 Å². The van der Waals surface area contributed by atoms with Gasteiger partial charge in [-0.05, 0) is 47.1 Å². The first-order valence-corrected chi connectivity index (χ1v) is 8.08. The lowest BCUT2D eigenvalue weighted by Gasteiger charge is -2.31. The Labute approximate surface area is 130 Å². The minimum Gasteiger partial charge on any atom is -0.443 e. The quantitative estimate of drug-likeness (QED) is 0.851. The minimum atomic E-state index is -1.48. The molecule has 0 aliphatic rings. The summed E-state index contributed by atoms with van der Waals surface area (Å²) in [6, 6.07) is 9.49. The average molecular weight is 311 g/mol. The van der Waals surface area contributed by atoms with Gasteiger partial charge in [0.1, 0.15) is 16.6 Å². The molecule has 0 aliphatic carbocycles. The van der Waals surface area contributed by atoms with Crippen LogP contribution in [0.1, 0.15) is 47.1 Å². The third kappa shape index (κ3) is 5.87. The molecule has 1 aromatic rings. The zero-order valence-corrected chi connectivity index (χ0v) is 14.5. The first-order chi connectivity index (χ1) is 9.50. The molecule has 0 bridgehead atoms. The zero-order chi connectivity index (χ0) is 16.3. The smallest absolute Gasteiger partial charge is 0.422 e. The summed E-state index contributed by atoms with van der Waals surface area (Å²) in [4.78, 5) is 12.4. The SMILES string of the molecule is CC(C)(C)OC(=O)N(Cc1ccccc1)S(=O)C(C)(C)C. The highest BCUT2D eigenvalue weighted by Gasteiger charge is 2.33.